The molecule has 0 bridgehead atoms. The third-order valence-corrected chi connectivity index (χ3v) is 3.86. The summed E-state index contributed by atoms with van der Waals surface area (Å²) >= 11 is 0. The number of alkyl halides is 1. The van der Waals surface area contributed by atoms with E-state index in [0.29, 0.717) is 22.4 Å². The molecule has 126 valence electrons. The number of halogens is 1. The first-order valence-electron chi connectivity index (χ1n) is 7.33. The van der Waals surface area contributed by atoms with Crippen LogP contribution >= 0.6 is 0 Å². The average molecular weight is 333 g/mol. The van der Waals surface area contributed by atoms with Crippen LogP contribution in [0.25, 0.3) is 10.8 Å². The van der Waals surface area contributed by atoms with E-state index in [1.807, 2.05) is 0 Å². The zero-order valence-electron chi connectivity index (χ0n) is 12.9. The van der Waals surface area contributed by atoms with E-state index in [9.17, 15) is 14.0 Å². The molecule has 0 spiro atoms. The molecule has 2 atom stereocenters. The summed E-state index contributed by atoms with van der Waals surface area (Å²) in [6.07, 6.45) is 0.0936. The molecule has 1 fully saturated rings. The second-order valence-electron chi connectivity index (χ2n) is 5.47. The van der Waals surface area contributed by atoms with E-state index in [4.69, 9.17) is 15.2 Å². The Kier molecular flexibility index (Phi) is 4.20. The number of hydrogen-bond donors (Lipinski definition) is 2. The van der Waals surface area contributed by atoms with Crippen LogP contribution in [0.1, 0.15) is 16.8 Å². The van der Waals surface area contributed by atoms with E-state index >= 15 is 0 Å². The lowest BCUT2D eigenvalue weighted by Crippen LogP contribution is -2.31. The van der Waals surface area contributed by atoms with Crippen LogP contribution in [-0.4, -0.2) is 42.7 Å². The number of rotatable bonds is 5. The minimum atomic E-state index is -1.50. The molecule has 1 saturated heterocycles. The van der Waals surface area contributed by atoms with Gasteiger partial charge in [0.1, 0.15) is 12.4 Å². The quantitative estimate of drug-likeness (QED) is 0.848. The summed E-state index contributed by atoms with van der Waals surface area (Å²) < 4.78 is 24.0. The molecule has 2 heterocycles. The van der Waals surface area contributed by atoms with Crippen LogP contribution in [0.2, 0.25) is 0 Å². The van der Waals surface area contributed by atoms with Crippen LogP contribution in [-0.2, 0) is 4.79 Å². The highest BCUT2D eigenvalue weighted by molar-refractivity contribution is 6.01. The fourth-order valence-corrected chi connectivity index (χ4v) is 2.65. The molecule has 1 aromatic carbocycles. The molecular formula is C16H16FN3O4. The number of methoxy groups -OCH3 is 1. The summed E-state index contributed by atoms with van der Waals surface area (Å²) in [5.74, 6) is -0.609. The van der Waals surface area contributed by atoms with Gasteiger partial charge in [-0.05, 0) is 23.6 Å². The van der Waals surface area contributed by atoms with Crippen molar-refractivity contribution < 1.29 is 23.5 Å². The smallest absolute Gasteiger partial charge is 0.254 e. The van der Waals surface area contributed by atoms with Gasteiger partial charge in [0, 0.05) is 18.0 Å². The van der Waals surface area contributed by atoms with Gasteiger partial charge >= 0.3 is 0 Å². The number of carbonyl (C=O) groups is 2. The first-order valence-corrected chi connectivity index (χ1v) is 7.33. The van der Waals surface area contributed by atoms with Gasteiger partial charge in [-0.3, -0.25) is 9.59 Å². The number of pyridine rings is 1. The van der Waals surface area contributed by atoms with Gasteiger partial charge in [-0.25, -0.2) is 9.37 Å². The van der Waals surface area contributed by atoms with Crippen LogP contribution in [0.5, 0.6) is 11.6 Å². The molecule has 24 heavy (non-hydrogen) atoms. The maximum Gasteiger partial charge on any atom is 0.254 e. The van der Waals surface area contributed by atoms with Crippen LogP contribution < -0.4 is 20.5 Å². The van der Waals surface area contributed by atoms with Gasteiger partial charge < -0.3 is 20.5 Å². The van der Waals surface area contributed by atoms with Gasteiger partial charge in [0.15, 0.2) is 6.17 Å². The number of hydrogen-bond acceptors (Lipinski definition) is 5. The van der Waals surface area contributed by atoms with Crippen molar-refractivity contribution in [2.75, 3.05) is 13.7 Å². The van der Waals surface area contributed by atoms with Crippen molar-refractivity contribution >= 4 is 22.6 Å². The predicted molar refractivity (Wildman–Crippen MR) is 83.8 cm³/mol. The van der Waals surface area contributed by atoms with Crippen LogP contribution in [0.3, 0.4) is 0 Å². The topological polar surface area (TPSA) is 104 Å². The summed E-state index contributed by atoms with van der Waals surface area (Å²) in [6, 6.07) is 4.52. The van der Waals surface area contributed by atoms with E-state index in [0.717, 1.165) is 0 Å². The molecule has 1 unspecified atom stereocenters. The first-order chi connectivity index (χ1) is 11.5. The second kappa shape index (κ2) is 6.31. The van der Waals surface area contributed by atoms with E-state index in [1.165, 1.54) is 13.3 Å². The third-order valence-electron chi connectivity index (χ3n) is 3.86. The van der Waals surface area contributed by atoms with Gasteiger partial charge in [0.05, 0.1) is 18.7 Å². The van der Waals surface area contributed by atoms with Crippen LogP contribution in [0, 0.1) is 0 Å². The SMILES string of the molecule is COc1cc2c(OC[C@@H]3CC(F)C(=O)N3)nccc2cc1C(N)=O. The number of nitrogens with one attached hydrogen (secondary N) is 1. The Hall–Kier alpha value is -2.90. The van der Waals surface area contributed by atoms with E-state index in [1.54, 1.807) is 18.2 Å². The summed E-state index contributed by atoms with van der Waals surface area (Å²) in [6.45, 7) is 0.0954. The fourth-order valence-electron chi connectivity index (χ4n) is 2.65. The minimum Gasteiger partial charge on any atom is -0.496 e. The van der Waals surface area contributed by atoms with Crippen molar-refractivity contribution in [2.24, 2.45) is 5.73 Å². The standard InChI is InChI=1S/C16H16FN3O4/c1-23-13-6-10-8(4-11(13)14(18)21)2-3-19-16(10)24-7-9-5-12(17)15(22)20-9/h2-4,6,9,12H,5,7H2,1H3,(H2,18,21)(H,20,22)/t9-,12?/m0/s1. The average Bonchev–Trinajstić information content (AvgIpc) is 2.89. The molecule has 8 heteroatoms. The first kappa shape index (κ1) is 16.0. The number of carbonyl (C=O) groups excluding carboxylic acids is 2. The second-order valence-corrected chi connectivity index (χ2v) is 5.47. The number of benzene rings is 1. The molecule has 2 amide bonds. The Labute approximate surface area is 136 Å². The molecule has 0 saturated carbocycles. The Bertz CT molecular complexity index is 811. The number of fused-ring (bicyclic) bond motifs is 1. The number of primary amides is 1. The highest BCUT2D eigenvalue weighted by Crippen LogP contribution is 2.30. The molecule has 3 N–H and O–H groups in total. The third kappa shape index (κ3) is 2.94. The molecular weight excluding hydrogens is 317 g/mol. The summed E-state index contributed by atoms with van der Waals surface area (Å²) in [7, 11) is 1.43. The molecule has 7 nitrogen and oxygen atoms in total. The van der Waals surface area contributed by atoms with E-state index < -0.39 is 24.0 Å². The van der Waals surface area contributed by atoms with Crippen LogP contribution in [0.15, 0.2) is 24.4 Å². The number of nitrogens with zero attached hydrogens (tertiary/aromatic N) is 1. The van der Waals surface area contributed by atoms with Gasteiger partial charge in [0.2, 0.25) is 5.88 Å². The lowest BCUT2D eigenvalue weighted by Gasteiger charge is -2.14. The molecule has 0 aliphatic carbocycles. The van der Waals surface area contributed by atoms with E-state index in [2.05, 4.69) is 10.3 Å². The Morgan fingerprint density at radius 2 is 2.29 bits per heavy atom. The monoisotopic (exact) mass is 333 g/mol. The number of ether oxygens (including phenoxy) is 2. The maximum absolute atomic E-state index is 13.2. The lowest BCUT2D eigenvalue weighted by molar-refractivity contribution is -0.123. The number of aromatic nitrogens is 1. The molecule has 0 radical (unpaired) electrons. The molecule has 1 aliphatic rings. The summed E-state index contributed by atoms with van der Waals surface area (Å²) in [4.78, 5) is 26.8. The van der Waals surface area contributed by atoms with Gasteiger partial charge in [0.25, 0.3) is 11.8 Å². The number of amides is 2. The lowest BCUT2D eigenvalue weighted by atomic mass is 10.1. The highest BCUT2D eigenvalue weighted by Gasteiger charge is 2.32. The normalized spacial score (nSPS) is 20.0. The van der Waals surface area contributed by atoms with Gasteiger partial charge in [-0.2, -0.15) is 0 Å². The van der Waals surface area contributed by atoms with Crippen molar-refractivity contribution in [3.63, 3.8) is 0 Å². The summed E-state index contributed by atoms with van der Waals surface area (Å²) in [5.41, 5.74) is 5.60. The molecule has 1 aromatic heterocycles. The fraction of sp³-hybridized carbons (Fsp3) is 0.312. The molecule has 2 aromatic rings. The Balaban J connectivity index is 1.88. The van der Waals surface area contributed by atoms with Crippen molar-refractivity contribution in [3.05, 3.63) is 30.0 Å². The summed E-state index contributed by atoms with van der Waals surface area (Å²) in [5, 5.41) is 3.84. The Morgan fingerprint density at radius 1 is 1.50 bits per heavy atom. The van der Waals surface area contributed by atoms with Gasteiger partial charge in [-0.1, -0.05) is 0 Å². The van der Waals surface area contributed by atoms with Crippen molar-refractivity contribution in [2.45, 2.75) is 18.6 Å². The van der Waals surface area contributed by atoms with Crippen molar-refractivity contribution in [1.82, 2.24) is 10.3 Å². The molecule has 1 aliphatic heterocycles. The highest BCUT2D eigenvalue weighted by atomic mass is 19.1. The van der Waals surface area contributed by atoms with E-state index in [-0.39, 0.29) is 18.6 Å². The van der Waals surface area contributed by atoms with Gasteiger partial charge in [-0.15, -0.1) is 0 Å². The minimum absolute atomic E-state index is 0.0682. The Morgan fingerprint density at radius 3 is 2.92 bits per heavy atom. The van der Waals surface area contributed by atoms with Crippen molar-refractivity contribution in [1.29, 1.82) is 0 Å². The van der Waals surface area contributed by atoms with Crippen molar-refractivity contribution in [3.8, 4) is 11.6 Å². The predicted octanol–water partition coefficient (Wildman–Crippen LogP) is 0.948. The zero-order valence-corrected chi connectivity index (χ0v) is 12.9. The number of nitrogens with two attached hydrogens (primary N) is 1. The van der Waals surface area contributed by atoms with Crippen LogP contribution in [0.4, 0.5) is 4.39 Å². The maximum atomic E-state index is 13.2. The molecule has 3 rings (SSSR count). The largest absolute Gasteiger partial charge is 0.496 e. The zero-order chi connectivity index (χ0) is 17.3.